The van der Waals surface area contributed by atoms with E-state index in [4.69, 9.17) is 112 Å². The molecule has 13 rings (SSSR count). The fourth-order valence-corrected chi connectivity index (χ4v) is 17.4. The van der Waals surface area contributed by atoms with Crippen molar-refractivity contribution >= 4 is 233 Å². The zero-order chi connectivity index (χ0) is 88.6. The number of carbonyl (C=O) groups excluding carboxylic acids is 5. The number of carbonyl (C=O) groups is 5. The van der Waals surface area contributed by atoms with Crippen LogP contribution < -0.4 is 62.3 Å². The van der Waals surface area contributed by atoms with Gasteiger partial charge in [0.2, 0.25) is 29.7 Å². The second kappa shape index (κ2) is 41.7. The Kier molecular flexibility index (Phi) is 35.4. The van der Waals surface area contributed by atoms with Crippen molar-refractivity contribution in [3.63, 3.8) is 0 Å². The molecule has 5 amide bonds. The van der Waals surface area contributed by atoms with E-state index in [1.807, 2.05) is 0 Å². The summed E-state index contributed by atoms with van der Waals surface area (Å²) in [5.74, 6) is -3.81. The van der Waals surface area contributed by atoms with Crippen LogP contribution in [-0.4, -0.2) is 138 Å². The van der Waals surface area contributed by atoms with Crippen LogP contribution >= 0.6 is 115 Å². The quantitative estimate of drug-likeness (QED) is 0.0146. The van der Waals surface area contributed by atoms with Gasteiger partial charge in [-0.25, -0.2) is 51.3 Å². The minimum absolute atomic E-state index is 0. The molecule has 1 aliphatic carbocycles. The number of rotatable bonds is 19. The van der Waals surface area contributed by atoms with Gasteiger partial charge in [0.1, 0.15) is 37.6 Å². The first-order valence-electron chi connectivity index (χ1n) is 33.8. The summed E-state index contributed by atoms with van der Waals surface area (Å²) in [4.78, 5) is 81.3. The number of hydrogen-bond donors (Lipinski definition) is 4. The van der Waals surface area contributed by atoms with Crippen LogP contribution in [0.3, 0.4) is 0 Å². The molecule has 9 aromatic rings. The summed E-state index contributed by atoms with van der Waals surface area (Å²) in [6.45, 7) is 7.50. The molecule has 6 aromatic carbocycles. The number of benzene rings is 6. The van der Waals surface area contributed by atoms with E-state index in [1.165, 1.54) is 145 Å². The number of imidazole rings is 3. The smallest absolute Gasteiger partial charge is 1.00 e. The predicted octanol–water partition coefficient (Wildman–Crippen LogP) is 13.2. The van der Waals surface area contributed by atoms with Crippen LogP contribution in [-0.2, 0) is 90.5 Å². The van der Waals surface area contributed by atoms with Gasteiger partial charge < -0.3 is 44.5 Å². The average Bonchev–Trinajstić information content (AvgIpc) is 1.56. The summed E-state index contributed by atoms with van der Waals surface area (Å²) >= 11 is 43.0. The summed E-state index contributed by atoms with van der Waals surface area (Å²) in [6.07, 6.45) is -2.90. The van der Waals surface area contributed by atoms with Crippen LogP contribution in [0.15, 0.2) is 156 Å². The number of anilines is 6. The van der Waals surface area contributed by atoms with Crippen LogP contribution in [0, 0.1) is 10.1 Å². The minimum atomic E-state index is -4.89. The topological polar surface area (TPSA) is 355 Å². The van der Waals surface area contributed by atoms with Crippen LogP contribution in [0.4, 0.5) is 74.4 Å². The summed E-state index contributed by atoms with van der Waals surface area (Å²) in [6, 6.07) is 26.8. The number of nitrogens with zero attached hydrogens (tertiary/aromatic N) is 9. The van der Waals surface area contributed by atoms with Crippen molar-refractivity contribution in [3.8, 4) is 17.2 Å². The van der Waals surface area contributed by atoms with Gasteiger partial charge in [-0.1, -0.05) is 119 Å². The monoisotopic (exact) mass is 2050 g/mol. The Morgan fingerprint density at radius 2 is 0.793 bits per heavy atom. The maximum absolute atomic E-state index is 14.0. The third-order valence-corrected chi connectivity index (χ3v) is 22.7. The second-order valence-corrected chi connectivity index (χ2v) is 34.7. The maximum Gasteiger partial charge on any atom is 2.00 e. The number of nitrogens with two attached hydrogens (primary N) is 2. The number of alkyl halides is 9. The molecule has 121 heavy (non-hydrogen) atoms. The van der Waals surface area contributed by atoms with E-state index >= 15 is 0 Å². The van der Waals surface area contributed by atoms with Gasteiger partial charge in [-0.15, -0.1) is 39.5 Å². The Balaban J connectivity index is 0.000000257. The van der Waals surface area contributed by atoms with E-state index in [-0.39, 0.29) is 110 Å². The first kappa shape index (κ1) is 103. The van der Waals surface area contributed by atoms with Gasteiger partial charge in [-0.05, 0) is 177 Å². The summed E-state index contributed by atoms with van der Waals surface area (Å²) in [5, 5.41) is 0.722. The molecule has 0 unspecified atom stereocenters. The van der Waals surface area contributed by atoms with Crippen LogP contribution in [0.5, 0.6) is 17.2 Å². The Hall–Kier alpha value is -7.18. The number of halogens is 19. The van der Waals surface area contributed by atoms with Gasteiger partial charge >= 0.3 is 53.7 Å². The van der Waals surface area contributed by atoms with E-state index in [0.29, 0.717) is 38.4 Å². The Labute approximate surface area is 763 Å². The van der Waals surface area contributed by atoms with Crippen molar-refractivity contribution in [2.75, 3.05) is 14.7 Å². The zero-order valence-corrected chi connectivity index (χ0v) is 75.4. The van der Waals surface area contributed by atoms with Crippen molar-refractivity contribution in [3.05, 3.63) is 203 Å². The van der Waals surface area contributed by atoms with E-state index < -0.39 is 124 Å². The second-order valence-electron chi connectivity index (χ2n) is 26.5. The summed E-state index contributed by atoms with van der Waals surface area (Å²) in [5.41, 5.74) is 8.06. The molecule has 3 aromatic heterocycles. The average molecular weight is 2060 g/mol. The Morgan fingerprint density at radius 3 is 1.05 bits per heavy atom. The molecule has 4 aliphatic rings. The number of nitrogens with one attached hydrogen (secondary N) is 2. The van der Waals surface area contributed by atoms with Gasteiger partial charge in [-0.3, -0.25) is 37.7 Å². The molecule has 648 valence electrons. The van der Waals surface area contributed by atoms with Crippen LogP contribution in [0.25, 0.3) is 0 Å². The predicted molar refractivity (Wildman–Crippen MR) is 439 cm³/mol. The number of ether oxygens (including phenoxy) is 3. The molecule has 50 heteroatoms. The number of sulfonamides is 1. The fraction of sp³-hybridized carbons (Fsp3) is 0.282. The van der Waals surface area contributed by atoms with E-state index in [9.17, 15) is 80.3 Å². The minimum Gasteiger partial charge on any atom is -1.00 e. The van der Waals surface area contributed by atoms with Crippen molar-refractivity contribution in [2.24, 2.45) is 11.5 Å². The van der Waals surface area contributed by atoms with Crippen molar-refractivity contribution in [1.29, 1.82) is 0 Å². The number of hydrogen-bond acceptors (Lipinski definition) is 18. The molecular weight excluding hydrogens is 2000 g/mol. The first-order valence-corrected chi connectivity index (χ1v) is 42.0. The molecule has 6 heterocycles. The Morgan fingerprint density at radius 1 is 0.521 bits per heavy atom. The first-order chi connectivity index (χ1) is 55.3. The molecule has 0 bridgehead atoms. The van der Waals surface area contributed by atoms with Crippen LogP contribution in [0.2, 0.25) is 30.1 Å². The molecular formula is C71H62Cl9F9IMgN13O14S3. The molecule has 3 aliphatic heterocycles. The maximum atomic E-state index is 14.0. The van der Waals surface area contributed by atoms with Gasteiger partial charge in [0.25, 0.3) is 36.8 Å². The van der Waals surface area contributed by atoms with E-state index in [1.54, 1.807) is 42.8 Å². The summed E-state index contributed by atoms with van der Waals surface area (Å²) in [7, 11) is -3.17. The van der Waals surface area contributed by atoms with E-state index in [0.717, 1.165) is 50.2 Å². The summed E-state index contributed by atoms with van der Waals surface area (Å²) < 4.78 is 199. The molecule has 1 fully saturated rings. The van der Waals surface area contributed by atoms with Gasteiger partial charge in [0, 0.05) is 60.1 Å². The number of primary amides is 2. The molecule has 5 atom stereocenters. The van der Waals surface area contributed by atoms with Crippen molar-refractivity contribution in [2.45, 2.75) is 137 Å². The number of aromatic nitrogens is 6. The molecule has 27 nitrogen and oxygen atoms in total. The molecule has 0 saturated heterocycles. The molecule has 1 saturated carbocycles. The van der Waals surface area contributed by atoms with Crippen LogP contribution in [0.1, 0.15) is 77.0 Å². The van der Waals surface area contributed by atoms with Gasteiger partial charge in [-0.2, -0.15) is 26.0 Å². The molecule has 0 spiro atoms. The Bertz CT molecular complexity index is 5490. The fourth-order valence-electron chi connectivity index (χ4n) is 12.4. The normalized spacial score (nSPS) is 17.6. The zero-order valence-electron chi connectivity index (χ0n) is 62.5. The third kappa shape index (κ3) is 25.8. The third-order valence-electron chi connectivity index (χ3n) is 17.6. The standard InChI is InChI=1S/C23H20Cl2F3N5O5S.C20H13Cl3F3N3O4S.C20H13Cl2F3IN3O2.C5H9.C3H7ClN2O.ClH.Mg.O2S/c1-12(19(29)34)31-39(36,37)18-11-30-21-32(16-8-14(24)7-15(25)9-16)20(35)22(2,33(18)21)10-13-3-5-17(6-4-13)38-23(26,27)28;1-19(9-11-2-4-15(5-3-11)33-20(24,25)26)17(30)28(14-7-12(21)6-13(22)8-14)18-27-10-16(29(18)19)34(23,31)32;1-19(9-11-2-4-15(5-3-11)31-20(23,24)25)17(30)28(18-27-10-16(26)29(18)19)14-7-12(21)6-13(22)8-14;1-2-4-5-3-1;1-2(6-4)3(5)7;;;1-3-2/h3-9,11-12,31H,10H2,1-2H3,(H2,29,34);2-8,10H,9H2,1H3;2-8,10H,9H2,1H3;1H,2-5H2;2,6H,1H3,(H2,5,7);1H;;/q;;;-1;;;+2;/p-1/t12-,22+;2*19-;;2-;;;/m011.0.../s1. The molecule has 6 N–H and O–H groups in total. The number of fused-ring (bicyclic) bond motifs is 3. The number of amides is 5. The largest absolute Gasteiger partial charge is 2.00 e. The molecule has 0 radical (unpaired) electrons. The SMILES string of the molecule is C[C@@]1(Cc2ccc(OC(F)(F)F)cc2)C(=O)N(c2cc(Cl)cc(Cl)c2)c2ncc(I)n21.C[C@@]1(Cc2ccc(OC(F)(F)F)cc2)C(=O)N(c2cc(Cl)cc(Cl)c2)c2ncc(S(=O)(=O)Cl)n21.C[C@H](NCl)C(N)=O.C[C@H](NS(=O)(=O)c1cnc2n1[C@](C)(Cc1ccc(OC(F)(F)F)cc1)C(=O)N2c1cc(Cl)cc(Cl)c1)C(N)=O.O=S=O.[CH-]1CCCC1.[Cl-].[Mg+2]. The van der Waals surface area contributed by atoms with E-state index in [2.05, 4.69) is 67.7 Å². The van der Waals surface area contributed by atoms with Gasteiger partial charge in [0.05, 0.1) is 47.7 Å². The van der Waals surface area contributed by atoms with Crippen molar-refractivity contribution < 1.29 is 115 Å². The van der Waals surface area contributed by atoms with Gasteiger partial charge in [0.15, 0.2) is 10.1 Å². The van der Waals surface area contributed by atoms with Crippen molar-refractivity contribution in [1.82, 2.24) is 38.2 Å².